The molecule has 0 aliphatic carbocycles. The molecule has 0 radical (unpaired) electrons. The quantitative estimate of drug-likeness (QED) is 0.684. The molecule has 1 amide bonds. The van der Waals surface area contributed by atoms with Crippen molar-refractivity contribution in [3.05, 3.63) is 79.7 Å². The number of rotatable bonds is 2. The molecule has 3 aromatic rings. The fourth-order valence-electron chi connectivity index (χ4n) is 3.14. The summed E-state index contributed by atoms with van der Waals surface area (Å²) in [5.41, 5.74) is 2.45. The summed E-state index contributed by atoms with van der Waals surface area (Å²) in [6.45, 7) is 0.717. The summed E-state index contributed by atoms with van der Waals surface area (Å²) in [6.07, 6.45) is 0.900. The van der Waals surface area contributed by atoms with Crippen LogP contribution in [0.25, 0.3) is 0 Å². The largest absolute Gasteiger partial charge is 0.326 e. The predicted molar refractivity (Wildman–Crippen MR) is 96.4 cm³/mol. The minimum atomic E-state index is -0.0110. The normalized spacial score (nSPS) is 16.5. The van der Waals surface area contributed by atoms with Gasteiger partial charge < -0.3 is 4.90 Å². The van der Waals surface area contributed by atoms with Crippen molar-refractivity contribution in [3.63, 3.8) is 0 Å². The molecule has 24 heavy (non-hydrogen) atoms. The second-order valence-electron chi connectivity index (χ2n) is 5.65. The lowest BCUT2D eigenvalue weighted by atomic mass is 9.97. The van der Waals surface area contributed by atoms with E-state index in [1.807, 2.05) is 11.0 Å². The van der Waals surface area contributed by atoms with Crippen LogP contribution < -0.4 is 0 Å². The van der Waals surface area contributed by atoms with Gasteiger partial charge in [-0.05, 0) is 59.1 Å². The van der Waals surface area contributed by atoms with E-state index in [2.05, 4.69) is 29.0 Å². The van der Waals surface area contributed by atoms with Gasteiger partial charge in [0, 0.05) is 21.9 Å². The molecule has 5 heteroatoms. The maximum absolute atomic E-state index is 13.1. The number of benzene rings is 1. The van der Waals surface area contributed by atoms with Gasteiger partial charge in [-0.2, -0.15) is 5.26 Å². The molecule has 0 spiro atoms. The van der Waals surface area contributed by atoms with E-state index in [4.69, 9.17) is 5.26 Å². The second-order valence-corrected chi connectivity index (χ2v) is 7.63. The van der Waals surface area contributed by atoms with Gasteiger partial charge in [0.05, 0.1) is 17.7 Å². The van der Waals surface area contributed by atoms with Crippen LogP contribution in [0.15, 0.2) is 53.2 Å². The van der Waals surface area contributed by atoms with Gasteiger partial charge in [-0.3, -0.25) is 4.79 Å². The van der Waals surface area contributed by atoms with Crippen LogP contribution in [0.5, 0.6) is 0 Å². The molecule has 0 saturated heterocycles. The lowest BCUT2D eigenvalue weighted by Crippen LogP contribution is -2.39. The topological polar surface area (TPSA) is 44.1 Å². The van der Waals surface area contributed by atoms with Gasteiger partial charge in [0.25, 0.3) is 5.91 Å². The van der Waals surface area contributed by atoms with Crippen molar-refractivity contribution in [1.29, 1.82) is 5.26 Å². The Morgan fingerprint density at radius 3 is 2.67 bits per heavy atom. The van der Waals surface area contributed by atoms with E-state index < -0.39 is 0 Å². The van der Waals surface area contributed by atoms with Crippen molar-refractivity contribution in [2.45, 2.75) is 12.5 Å². The predicted octanol–water partition coefficient (Wildman–Crippen LogP) is 4.47. The van der Waals surface area contributed by atoms with E-state index in [0.29, 0.717) is 11.1 Å². The zero-order valence-electron chi connectivity index (χ0n) is 12.8. The van der Waals surface area contributed by atoms with E-state index in [0.717, 1.165) is 13.0 Å². The first-order chi connectivity index (χ1) is 11.8. The molecule has 1 aliphatic heterocycles. The second kappa shape index (κ2) is 6.23. The first-order valence-electron chi connectivity index (χ1n) is 7.69. The van der Waals surface area contributed by atoms with Gasteiger partial charge >= 0.3 is 0 Å². The number of carbonyl (C=O) groups is 1. The number of nitrogens with zero attached hydrogens (tertiary/aromatic N) is 2. The standard InChI is InChI=1S/C19H14N2OS2/c20-12-13-3-5-14(6-4-13)19(22)21-9-7-16-15(8-11-24-16)18(21)17-2-1-10-23-17/h1-6,8,10-11,18H,7,9H2/t18-/m0/s1. The molecule has 1 aliphatic rings. The third-order valence-electron chi connectivity index (χ3n) is 4.30. The van der Waals surface area contributed by atoms with Crippen molar-refractivity contribution in [3.8, 4) is 6.07 Å². The molecule has 1 atom stereocenters. The van der Waals surface area contributed by atoms with Gasteiger partial charge in [0.2, 0.25) is 0 Å². The van der Waals surface area contributed by atoms with Crippen molar-refractivity contribution in [1.82, 2.24) is 4.90 Å². The number of hydrogen-bond donors (Lipinski definition) is 0. The van der Waals surface area contributed by atoms with Gasteiger partial charge in [-0.1, -0.05) is 6.07 Å². The van der Waals surface area contributed by atoms with E-state index in [1.54, 1.807) is 46.9 Å². The van der Waals surface area contributed by atoms with Crippen LogP contribution in [0.4, 0.5) is 0 Å². The van der Waals surface area contributed by atoms with Crippen molar-refractivity contribution in [2.24, 2.45) is 0 Å². The molecule has 1 aromatic carbocycles. The fraction of sp³-hybridized carbons (Fsp3) is 0.158. The summed E-state index contributed by atoms with van der Waals surface area (Å²) in [5.74, 6) is 0.0229. The Hall–Kier alpha value is -2.42. The highest BCUT2D eigenvalue weighted by atomic mass is 32.1. The molecule has 3 nitrogen and oxygen atoms in total. The molecule has 0 bridgehead atoms. The van der Waals surface area contributed by atoms with Crippen molar-refractivity contribution >= 4 is 28.6 Å². The summed E-state index contributed by atoms with van der Waals surface area (Å²) in [6, 6.07) is 15.2. The average molecular weight is 350 g/mol. The van der Waals surface area contributed by atoms with Crippen LogP contribution in [0.3, 0.4) is 0 Å². The summed E-state index contributed by atoms with van der Waals surface area (Å²) >= 11 is 3.46. The monoisotopic (exact) mass is 350 g/mol. The number of nitriles is 1. The minimum Gasteiger partial charge on any atom is -0.326 e. The molecular weight excluding hydrogens is 336 g/mol. The highest BCUT2D eigenvalue weighted by Gasteiger charge is 2.33. The molecule has 0 N–H and O–H groups in total. The third kappa shape index (κ3) is 2.54. The molecule has 0 fully saturated rings. The Bertz CT molecular complexity index is 904. The lowest BCUT2D eigenvalue weighted by Gasteiger charge is -2.35. The number of amides is 1. The van der Waals surface area contributed by atoms with E-state index in [-0.39, 0.29) is 11.9 Å². The molecule has 3 heterocycles. The number of carbonyl (C=O) groups excluding carboxylic acids is 1. The van der Waals surface area contributed by atoms with Gasteiger partial charge in [-0.25, -0.2) is 0 Å². The van der Waals surface area contributed by atoms with Gasteiger partial charge in [0.15, 0.2) is 0 Å². The summed E-state index contributed by atoms with van der Waals surface area (Å²) in [5, 5.41) is 13.1. The first-order valence-corrected chi connectivity index (χ1v) is 9.44. The molecule has 2 aromatic heterocycles. The molecule has 0 saturated carbocycles. The number of hydrogen-bond acceptors (Lipinski definition) is 4. The van der Waals surface area contributed by atoms with Crippen LogP contribution in [-0.2, 0) is 6.42 Å². The summed E-state index contributed by atoms with van der Waals surface area (Å²) in [4.78, 5) is 17.6. The first kappa shape index (κ1) is 15.1. The molecule has 4 rings (SSSR count). The van der Waals surface area contributed by atoms with Gasteiger partial charge in [0.1, 0.15) is 0 Å². The lowest BCUT2D eigenvalue weighted by molar-refractivity contribution is 0.0699. The number of thiophene rings is 2. The third-order valence-corrected chi connectivity index (χ3v) is 6.22. The zero-order valence-corrected chi connectivity index (χ0v) is 14.4. The molecular formula is C19H14N2OS2. The molecule has 0 unspecified atom stereocenters. The smallest absolute Gasteiger partial charge is 0.254 e. The van der Waals surface area contributed by atoms with E-state index >= 15 is 0 Å². The van der Waals surface area contributed by atoms with Crippen LogP contribution in [-0.4, -0.2) is 17.4 Å². The SMILES string of the molecule is N#Cc1ccc(C(=O)N2CCc3sccc3[C@H]2c2cccs2)cc1. The van der Waals surface area contributed by atoms with Crippen molar-refractivity contribution < 1.29 is 4.79 Å². The van der Waals surface area contributed by atoms with Gasteiger partial charge in [-0.15, -0.1) is 22.7 Å². The van der Waals surface area contributed by atoms with Crippen LogP contribution >= 0.6 is 22.7 Å². The van der Waals surface area contributed by atoms with Crippen molar-refractivity contribution in [2.75, 3.05) is 6.54 Å². The maximum Gasteiger partial charge on any atom is 0.254 e. The highest BCUT2D eigenvalue weighted by molar-refractivity contribution is 7.10. The minimum absolute atomic E-state index is 0.0110. The Morgan fingerprint density at radius 2 is 1.96 bits per heavy atom. The van der Waals surface area contributed by atoms with Crippen LogP contribution in [0.1, 0.15) is 37.3 Å². The van der Waals surface area contributed by atoms with Crippen LogP contribution in [0.2, 0.25) is 0 Å². The maximum atomic E-state index is 13.1. The van der Waals surface area contributed by atoms with E-state index in [1.165, 1.54) is 15.3 Å². The van der Waals surface area contributed by atoms with Crippen LogP contribution in [0, 0.1) is 11.3 Å². The fourth-order valence-corrected chi connectivity index (χ4v) is 4.90. The Kier molecular flexibility index (Phi) is 3.93. The number of fused-ring (bicyclic) bond motifs is 1. The molecule has 118 valence electrons. The summed E-state index contributed by atoms with van der Waals surface area (Å²) < 4.78 is 0. The van der Waals surface area contributed by atoms with E-state index in [9.17, 15) is 4.79 Å². The Morgan fingerprint density at radius 1 is 1.12 bits per heavy atom. The Labute approximate surface area is 148 Å². The summed E-state index contributed by atoms with van der Waals surface area (Å²) in [7, 11) is 0. The highest BCUT2D eigenvalue weighted by Crippen LogP contribution is 2.40. The Balaban J connectivity index is 1.73. The average Bonchev–Trinajstić information content (AvgIpc) is 3.31. The zero-order chi connectivity index (χ0) is 16.5.